The molecule has 0 radical (unpaired) electrons. The van der Waals surface area contributed by atoms with Crippen molar-refractivity contribution in [2.75, 3.05) is 0 Å². The molecule has 1 heterocycles. The molecule has 0 bridgehead atoms. The van der Waals surface area contributed by atoms with Gasteiger partial charge in [-0.05, 0) is 101 Å². The van der Waals surface area contributed by atoms with Gasteiger partial charge in [0.1, 0.15) is 0 Å². The standard InChI is InChI=1S/C33H29BO2.C2H6/c1-20-22-14-9-10-15-23(22)29(21-12-7-6-8-13-21)31-26-18-19-27(34-35-32(2,3)33(4,5)36-34)24-16-11-17-25(28(20)31)30(24)26;1-2/h6-19H,1-5H3;1-2H3. The van der Waals surface area contributed by atoms with Gasteiger partial charge >= 0.3 is 7.12 Å². The summed E-state index contributed by atoms with van der Waals surface area (Å²) in [7, 11) is -0.392. The van der Waals surface area contributed by atoms with Crippen molar-refractivity contribution in [3.63, 3.8) is 0 Å². The molecule has 0 atom stereocenters. The van der Waals surface area contributed by atoms with Crippen LogP contribution >= 0.6 is 0 Å². The van der Waals surface area contributed by atoms with Crippen LogP contribution in [0.15, 0.2) is 84.9 Å². The van der Waals surface area contributed by atoms with E-state index < -0.39 is 7.12 Å². The first-order valence-corrected chi connectivity index (χ1v) is 13.8. The zero-order chi connectivity index (χ0) is 26.8. The van der Waals surface area contributed by atoms with E-state index in [1.807, 2.05) is 13.8 Å². The zero-order valence-electron chi connectivity index (χ0n) is 23.5. The number of hydrogen-bond acceptors (Lipinski definition) is 2. The molecule has 0 aromatic heterocycles. The Balaban J connectivity index is 0.00000129. The molecule has 1 fully saturated rings. The van der Waals surface area contributed by atoms with Gasteiger partial charge in [-0.25, -0.2) is 0 Å². The van der Waals surface area contributed by atoms with Gasteiger partial charge in [-0.15, -0.1) is 0 Å². The minimum Gasteiger partial charge on any atom is -0.399 e. The lowest BCUT2D eigenvalue weighted by Crippen LogP contribution is -2.41. The Morgan fingerprint density at radius 1 is 0.553 bits per heavy atom. The molecule has 5 aromatic carbocycles. The highest BCUT2D eigenvalue weighted by atomic mass is 16.7. The van der Waals surface area contributed by atoms with Crippen LogP contribution in [0.2, 0.25) is 0 Å². The third kappa shape index (κ3) is 3.42. The van der Waals surface area contributed by atoms with E-state index in [1.165, 1.54) is 60.5 Å². The zero-order valence-corrected chi connectivity index (χ0v) is 23.5. The van der Waals surface area contributed by atoms with E-state index in [9.17, 15) is 0 Å². The van der Waals surface area contributed by atoms with Crippen LogP contribution in [-0.2, 0) is 9.31 Å². The Kier molecular flexibility index (Phi) is 5.79. The summed E-state index contributed by atoms with van der Waals surface area (Å²) < 4.78 is 13.0. The Hall–Kier alpha value is -3.40. The summed E-state index contributed by atoms with van der Waals surface area (Å²) in [6.45, 7) is 14.7. The number of aryl methyl sites for hydroxylation is 1. The van der Waals surface area contributed by atoms with Crippen molar-refractivity contribution >= 4 is 34.1 Å². The van der Waals surface area contributed by atoms with Crippen LogP contribution in [0.25, 0.3) is 54.9 Å². The fourth-order valence-corrected chi connectivity index (χ4v) is 6.14. The summed E-state index contributed by atoms with van der Waals surface area (Å²) in [5.41, 5.74) is 9.53. The predicted molar refractivity (Wildman–Crippen MR) is 163 cm³/mol. The van der Waals surface area contributed by atoms with Gasteiger partial charge in [0.25, 0.3) is 0 Å². The predicted octanol–water partition coefficient (Wildman–Crippen LogP) is 8.94. The van der Waals surface area contributed by atoms with E-state index in [0.717, 1.165) is 5.46 Å². The highest BCUT2D eigenvalue weighted by molar-refractivity contribution is 6.65. The first-order valence-electron chi connectivity index (χ1n) is 13.8. The number of hydrogen-bond donors (Lipinski definition) is 0. The molecule has 1 aliphatic carbocycles. The van der Waals surface area contributed by atoms with Crippen molar-refractivity contribution in [2.45, 2.75) is 59.7 Å². The van der Waals surface area contributed by atoms with Crippen LogP contribution in [0.5, 0.6) is 0 Å². The summed E-state index contributed by atoms with van der Waals surface area (Å²) in [6, 6.07) is 30.9. The molecule has 190 valence electrons. The first kappa shape index (κ1) is 24.9. The Morgan fingerprint density at radius 2 is 1.13 bits per heavy atom. The lowest BCUT2D eigenvalue weighted by atomic mass is 9.75. The maximum absolute atomic E-state index is 6.49. The average Bonchev–Trinajstić information content (AvgIpc) is 3.37. The molecule has 1 saturated heterocycles. The van der Waals surface area contributed by atoms with Gasteiger partial charge in [0, 0.05) is 0 Å². The van der Waals surface area contributed by atoms with Gasteiger partial charge in [-0.3, -0.25) is 0 Å². The molecule has 0 N–H and O–H groups in total. The fourth-order valence-electron chi connectivity index (χ4n) is 6.14. The Bertz CT molecular complexity index is 1680. The monoisotopic (exact) mass is 498 g/mol. The molecule has 3 heteroatoms. The highest BCUT2D eigenvalue weighted by Crippen LogP contribution is 2.55. The summed E-state index contributed by atoms with van der Waals surface area (Å²) in [6.07, 6.45) is 0. The fraction of sp³-hybridized carbons (Fsp3) is 0.257. The van der Waals surface area contributed by atoms with E-state index in [4.69, 9.17) is 9.31 Å². The Morgan fingerprint density at radius 3 is 1.82 bits per heavy atom. The normalized spacial score (nSPS) is 16.4. The molecule has 0 unspecified atom stereocenters. The first-order chi connectivity index (χ1) is 18.3. The highest BCUT2D eigenvalue weighted by Gasteiger charge is 2.52. The van der Waals surface area contributed by atoms with Crippen molar-refractivity contribution < 1.29 is 9.31 Å². The van der Waals surface area contributed by atoms with Crippen LogP contribution in [0.3, 0.4) is 0 Å². The molecule has 7 rings (SSSR count). The van der Waals surface area contributed by atoms with Gasteiger partial charge in [0.2, 0.25) is 0 Å². The van der Waals surface area contributed by atoms with E-state index in [2.05, 4.69) is 120 Å². The van der Waals surface area contributed by atoms with Crippen LogP contribution in [0.1, 0.15) is 47.1 Å². The number of fused-ring (bicyclic) bond motifs is 4. The minimum atomic E-state index is -0.392. The second-order valence-electron chi connectivity index (χ2n) is 11.2. The number of benzene rings is 5. The van der Waals surface area contributed by atoms with Crippen molar-refractivity contribution in [1.82, 2.24) is 0 Å². The van der Waals surface area contributed by atoms with Crippen LogP contribution < -0.4 is 5.46 Å². The van der Waals surface area contributed by atoms with Gasteiger partial charge in [-0.1, -0.05) is 98.8 Å². The minimum absolute atomic E-state index is 0.377. The molecule has 5 aromatic rings. The van der Waals surface area contributed by atoms with E-state index in [-0.39, 0.29) is 11.2 Å². The summed E-state index contributed by atoms with van der Waals surface area (Å²) in [4.78, 5) is 0. The second-order valence-corrected chi connectivity index (χ2v) is 11.2. The quantitative estimate of drug-likeness (QED) is 0.222. The van der Waals surface area contributed by atoms with Crippen molar-refractivity contribution in [2.24, 2.45) is 0 Å². The molecule has 38 heavy (non-hydrogen) atoms. The smallest absolute Gasteiger partial charge is 0.399 e. The molecular weight excluding hydrogens is 463 g/mol. The molecule has 2 aliphatic rings. The van der Waals surface area contributed by atoms with Crippen LogP contribution in [0.4, 0.5) is 0 Å². The van der Waals surface area contributed by atoms with Gasteiger partial charge < -0.3 is 9.31 Å². The van der Waals surface area contributed by atoms with E-state index in [1.54, 1.807) is 0 Å². The van der Waals surface area contributed by atoms with Crippen LogP contribution in [0, 0.1) is 6.92 Å². The molecular formula is C35H35BO2. The van der Waals surface area contributed by atoms with Crippen molar-refractivity contribution in [3.05, 3.63) is 90.5 Å². The SMILES string of the molecule is CC.Cc1c2c(c(-c3ccccc3)c3ccccc13)-c1ccc(B3OC(C)(C)C(C)(C)O3)c3cccc-2c13. The van der Waals surface area contributed by atoms with Gasteiger partial charge in [-0.2, -0.15) is 0 Å². The molecule has 2 nitrogen and oxygen atoms in total. The summed E-state index contributed by atoms with van der Waals surface area (Å²) in [5, 5.41) is 5.12. The second kappa shape index (κ2) is 8.83. The van der Waals surface area contributed by atoms with Gasteiger partial charge in [0.15, 0.2) is 0 Å². The maximum Gasteiger partial charge on any atom is 0.495 e. The van der Waals surface area contributed by atoms with E-state index in [0.29, 0.717) is 0 Å². The third-order valence-corrected chi connectivity index (χ3v) is 8.66. The molecule has 0 saturated carbocycles. The molecule has 1 aliphatic heterocycles. The largest absolute Gasteiger partial charge is 0.495 e. The maximum atomic E-state index is 6.49. The Labute approximate surface area is 226 Å². The average molecular weight is 498 g/mol. The summed E-state index contributed by atoms with van der Waals surface area (Å²) >= 11 is 0. The third-order valence-electron chi connectivity index (χ3n) is 8.66. The topological polar surface area (TPSA) is 18.5 Å². The van der Waals surface area contributed by atoms with Crippen molar-refractivity contribution in [3.8, 4) is 33.4 Å². The van der Waals surface area contributed by atoms with Crippen LogP contribution in [-0.4, -0.2) is 18.3 Å². The lowest BCUT2D eigenvalue weighted by molar-refractivity contribution is 0.00578. The van der Waals surface area contributed by atoms with E-state index >= 15 is 0 Å². The molecule has 0 spiro atoms. The van der Waals surface area contributed by atoms with Gasteiger partial charge in [0.05, 0.1) is 11.2 Å². The summed E-state index contributed by atoms with van der Waals surface area (Å²) in [5.74, 6) is 0. The number of rotatable bonds is 2. The lowest BCUT2D eigenvalue weighted by Gasteiger charge is -2.32. The molecule has 0 amide bonds. The van der Waals surface area contributed by atoms with Crippen molar-refractivity contribution in [1.29, 1.82) is 0 Å².